The highest BCUT2D eigenvalue weighted by Crippen LogP contribution is 2.35. The van der Waals surface area contributed by atoms with Crippen molar-refractivity contribution in [2.45, 2.75) is 25.3 Å². The molecular formula is C34H31F2N5. The Balaban J connectivity index is 1.21. The van der Waals surface area contributed by atoms with Crippen LogP contribution in [0, 0.1) is 28.9 Å². The Morgan fingerprint density at radius 1 is 0.902 bits per heavy atom. The first-order chi connectivity index (χ1) is 20.1. The number of nitrogens with zero attached hydrogens (tertiary/aromatic N) is 3. The molecule has 1 saturated heterocycles. The molecule has 5 aromatic rings. The quantitative estimate of drug-likeness (QED) is 0.211. The SMILES string of the molecule is N#Cc1cccc(-c2ccc(C(CNc3nc4cc(F)c(F)cc4[nH]3)C3CCN(Cc4ccccc4)CC3)cc2)c1. The molecule has 7 heteroatoms. The molecule has 2 heterocycles. The first-order valence-corrected chi connectivity index (χ1v) is 14.0. The van der Waals surface area contributed by atoms with E-state index in [1.165, 1.54) is 11.1 Å². The molecule has 0 amide bonds. The van der Waals surface area contributed by atoms with Crippen LogP contribution in [-0.2, 0) is 6.54 Å². The maximum atomic E-state index is 13.7. The summed E-state index contributed by atoms with van der Waals surface area (Å²) in [5.41, 5.74) is 6.13. The van der Waals surface area contributed by atoms with Crippen LogP contribution in [-0.4, -0.2) is 34.5 Å². The maximum Gasteiger partial charge on any atom is 0.201 e. The fourth-order valence-corrected chi connectivity index (χ4v) is 5.90. The molecule has 1 aromatic heterocycles. The van der Waals surface area contributed by atoms with Gasteiger partial charge in [0.1, 0.15) is 0 Å². The third-order valence-electron chi connectivity index (χ3n) is 8.13. The minimum atomic E-state index is -0.906. The summed E-state index contributed by atoms with van der Waals surface area (Å²) in [4.78, 5) is 10.1. The van der Waals surface area contributed by atoms with Crippen LogP contribution < -0.4 is 5.32 Å². The number of likely N-dealkylation sites (tertiary alicyclic amines) is 1. The third kappa shape index (κ3) is 6.13. The second kappa shape index (κ2) is 11.9. The fraction of sp³-hybridized carbons (Fsp3) is 0.235. The molecule has 206 valence electrons. The summed E-state index contributed by atoms with van der Waals surface area (Å²) in [6.45, 7) is 3.65. The van der Waals surface area contributed by atoms with E-state index in [1.807, 2.05) is 30.3 Å². The van der Waals surface area contributed by atoms with Crippen molar-refractivity contribution >= 4 is 17.0 Å². The van der Waals surface area contributed by atoms with Gasteiger partial charge in [-0.3, -0.25) is 4.90 Å². The Labute approximate surface area is 238 Å². The molecule has 0 radical (unpaired) electrons. The van der Waals surface area contributed by atoms with Crippen molar-refractivity contribution in [1.29, 1.82) is 5.26 Å². The van der Waals surface area contributed by atoms with Crippen LogP contribution >= 0.6 is 0 Å². The number of rotatable bonds is 8. The number of aromatic nitrogens is 2. The number of nitriles is 1. The number of hydrogen-bond donors (Lipinski definition) is 2. The maximum absolute atomic E-state index is 13.7. The molecule has 1 aliphatic rings. The third-order valence-corrected chi connectivity index (χ3v) is 8.13. The molecule has 4 aromatic carbocycles. The highest BCUT2D eigenvalue weighted by molar-refractivity contribution is 5.77. The van der Waals surface area contributed by atoms with Crippen molar-refractivity contribution in [3.8, 4) is 17.2 Å². The number of aromatic amines is 1. The lowest BCUT2D eigenvalue weighted by Gasteiger charge is -2.36. The number of fused-ring (bicyclic) bond motifs is 1. The van der Waals surface area contributed by atoms with Gasteiger partial charge in [-0.1, -0.05) is 66.7 Å². The fourth-order valence-electron chi connectivity index (χ4n) is 5.90. The van der Waals surface area contributed by atoms with Crippen LogP contribution in [0.2, 0.25) is 0 Å². The Morgan fingerprint density at radius 2 is 1.66 bits per heavy atom. The predicted molar refractivity (Wildman–Crippen MR) is 158 cm³/mol. The van der Waals surface area contributed by atoms with Gasteiger partial charge in [-0.25, -0.2) is 13.8 Å². The number of halogens is 2. The molecular weight excluding hydrogens is 516 g/mol. The first kappa shape index (κ1) is 26.7. The number of imidazole rings is 1. The number of benzene rings is 4. The summed E-state index contributed by atoms with van der Waals surface area (Å²) in [6.07, 6.45) is 2.14. The van der Waals surface area contributed by atoms with Gasteiger partial charge in [0.25, 0.3) is 0 Å². The zero-order valence-corrected chi connectivity index (χ0v) is 22.7. The molecule has 1 fully saturated rings. The summed E-state index contributed by atoms with van der Waals surface area (Å²) in [7, 11) is 0. The summed E-state index contributed by atoms with van der Waals surface area (Å²) in [6, 6.07) is 31.3. The van der Waals surface area contributed by atoms with Gasteiger partial charge < -0.3 is 10.3 Å². The molecule has 41 heavy (non-hydrogen) atoms. The van der Waals surface area contributed by atoms with E-state index in [2.05, 4.69) is 74.8 Å². The van der Waals surface area contributed by atoms with E-state index in [9.17, 15) is 14.0 Å². The van der Waals surface area contributed by atoms with Crippen molar-refractivity contribution in [1.82, 2.24) is 14.9 Å². The Morgan fingerprint density at radius 3 is 2.41 bits per heavy atom. The second-order valence-corrected chi connectivity index (χ2v) is 10.8. The Hall–Kier alpha value is -4.54. The normalized spacial score (nSPS) is 15.0. The highest BCUT2D eigenvalue weighted by Gasteiger charge is 2.28. The van der Waals surface area contributed by atoms with E-state index < -0.39 is 11.6 Å². The Kier molecular flexibility index (Phi) is 7.75. The van der Waals surface area contributed by atoms with Gasteiger partial charge in [0.15, 0.2) is 11.6 Å². The largest absolute Gasteiger partial charge is 0.355 e. The van der Waals surface area contributed by atoms with Gasteiger partial charge >= 0.3 is 0 Å². The van der Waals surface area contributed by atoms with Gasteiger partial charge in [0.2, 0.25) is 5.95 Å². The zero-order valence-electron chi connectivity index (χ0n) is 22.7. The van der Waals surface area contributed by atoms with E-state index >= 15 is 0 Å². The predicted octanol–water partition coefficient (Wildman–Crippen LogP) is 7.49. The number of H-pyrrole nitrogens is 1. The van der Waals surface area contributed by atoms with Crippen LogP contribution in [0.1, 0.15) is 35.4 Å². The van der Waals surface area contributed by atoms with Crippen molar-refractivity contribution in [3.63, 3.8) is 0 Å². The van der Waals surface area contributed by atoms with Crippen LogP contribution in [0.3, 0.4) is 0 Å². The van der Waals surface area contributed by atoms with Crippen LogP contribution in [0.4, 0.5) is 14.7 Å². The van der Waals surface area contributed by atoms with E-state index in [4.69, 9.17) is 0 Å². The van der Waals surface area contributed by atoms with Crippen LogP contribution in [0.5, 0.6) is 0 Å². The second-order valence-electron chi connectivity index (χ2n) is 10.8. The van der Waals surface area contributed by atoms with E-state index in [0.717, 1.165) is 55.7 Å². The number of hydrogen-bond acceptors (Lipinski definition) is 4. The standard InChI is InChI=1S/C34H31F2N5/c35-30-18-32-33(19-31(30)36)40-34(39-32)38-21-29(27-13-15-41(16-14-27)22-23-5-2-1-3-6-23)26-11-9-25(10-12-26)28-8-4-7-24(17-28)20-37/h1-12,17-19,27,29H,13-16,21-22H2,(H2,38,39,40). The lowest BCUT2D eigenvalue weighted by molar-refractivity contribution is 0.163. The monoisotopic (exact) mass is 547 g/mol. The molecule has 0 spiro atoms. The average molecular weight is 548 g/mol. The number of nitrogens with one attached hydrogen (secondary N) is 2. The van der Waals surface area contributed by atoms with Gasteiger partial charge in [-0.2, -0.15) is 5.26 Å². The van der Waals surface area contributed by atoms with Gasteiger partial charge in [0, 0.05) is 31.1 Å². The highest BCUT2D eigenvalue weighted by atomic mass is 19.2. The van der Waals surface area contributed by atoms with Gasteiger partial charge in [-0.15, -0.1) is 0 Å². The topological polar surface area (TPSA) is 67.7 Å². The molecule has 6 rings (SSSR count). The molecule has 1 atom stereocenters. The smallest absolute Gasteiger partial charge is 0.201 e. The summed E-state index contributed by atoms with van der Waals surface area (Å²) in [5.74, 6) is -0.623. The van der Waals surface area contributed by atoms with E-state index in [1.54, 1.807) is 0 Å². The molecule has 0 bridgehead atoms. The zero-order chi connectivity index (χ0) is 28.2. The first-order valence-electron chi connectivity index (χ1n) is 14.0. The molecule has 5 nitrogen and oxygen atoms in total. The Bertz CT molecular complexity index is 1630. The van der Waals surface area contributed by atoms with Crippen molar-refractivity contribution < 1.29 is 8.78 Å². The number of anilines is 1. The van der Waals surface area contributed by atoms with Crippen molar-refractivity contribution in [3.05, 3.63) is 119 Å². The van der Waals surface area contributed by atoms with Crippen molar-refractivity contribution in [2.24, 2.45) is 5.92 Å². The lowest BCUT2D eigenvalue weighted by Crippen LogP contribution is -2.36. The van der Waals surface area contributed by atoms with E-state index in [-0.39, 0.29) is 5.92 Å². The van der Waals surface area contributed by atoms with E-state index in [0.29, 0.717) is 35.0 Å². The molecule has 1 aliphatic heterocycles. The van der Waals surface area contributed by atoms with Gasteiger partial charge in [0.05, 0.1) is 22.7 Å². The molecule has 1 unspecified atom stereocenters. The van der Waals surface area contributed by atoms with Crippen molar-refractivity contribution in [2.75, 3.05) is 25.0 Å². The summed E-state index contributed by atoms with van der Waals surface area (Å²) < 4.78 is 27.5. The van der Waals surface area contributed by atoms with Gasteiger partial charge in [-0.05, 0) is 66.2 Å². The molecule has 0 saturated carbocycles. The summed E-state index contributed by atoms with van der Waals surface area (Å²) in [5, 5.41) is 12.7. The lowest BCUT2D eigenvalue weighted by atomic mass is 9.79. The minimum Gasteiger partial charge on any atom is -0.355 e. The van der Waals surface area contributed by atoms with Crippen LogP contribution in [0.15, 0.2) is 91.0 Å². The number of piperidine rings is 1. The average Bonchev–Trinajstić information content (AvgIpc) is 3.40. The van der Waals surface area contributed by atoms with Crippen LogP contribution in [0.25, 0.3) is 22.2 Å². The minimum absolute atomic E-state index is 0.218. The molecule has 0 aliphatic carbocycles. The summed E-state index contributed by atoms with van der Waals surface area (Å²) >= 11 is 0. The molecule has 2 N–H and O–H groups in total.